The molecule has 0 bridgehead atoms. The molecule has 1 rings (SSSR count). The van der Waals surface area contributed by atoms with Gasteiger partial charge < -0.3 is 5.32 Å². The zero-order valence-corrected chi connectivity index (χ0v) is 13.9. The molecule has 2 nitrogen and oxygen atoms in total. The van der Waals surface area contributed by atoms with Crippen LogP contribution in [0.4, 0.5) is 0 Å². The molecule has 1 amide bonds. The van der Waals surface area contributed by atoms with Crippen LogP contribution in [-0.2, 0) is 0 Å². The van der Waals surface area contributed by atoms with E-state index in [4.69, 9.17) is 11.6 Å². The maximum atomic E-state index is 11.9. The highest BCUT2D eigenvalue weighted by molar-refractivity contribution is 14.1. The molecule has 100 valence electrons. The van der Waals surface area contributed by atoms with Crippen LogP contribution in [0.15, 0.2) is 24.3 Å². The molecular weight excluding hydrogens is 361 g/mol. The first-order valence-corrected chi connectivity index (χ1v) is 7.47. The summed E-state index contributed by atoms with van der Waals surface area (Å²) in [4.78, 5) is 11.9. The molecule has 0 radical (unpaired) electrons. The SMILES string of the molecule is CC(C)(C)CC(Cl)CNC(=O)c1cccc(I)c1. The number of carbonyl (C=O) groups excluding carboxylic acids is 1. The van der Waals surface area contributed by atoms with Gasteiger partial charge in [-0.05, 0) is 52.6 Å². The highest BCUT2D eigenvalue weighted by atomic mass is 127. The summed E-state index contributed by atoms with van der Waals surface area (Å²) in [6, 6.07) is 7.51. The zero-order valence-electron chi connectivity index (χ0n) is 11.0. The fourth-order valence-electron chi connectivity index (χ4n) is 1.67. The lowest BCUT2D eigenvalue weighted by Gasteiger charge is -2.22. The average Bonchev–Trinajstić information content (AvgIpc) is 2.23. The van der Waals surface area contributed by atoms with Crippen LogP contribution < -0.4 is 5.32 Å². The summed E-state index contributed by atoms with van der Waals surface area (Å²) >= 11 is 8.40. The number of halogens is 2. The number of nitrogens with one attached hydrogen (secondary N) is 1. The number of carbonyl (C=O) groups is 1. The van der Waals surface area contributed by atoms with Crippen molar-refractivity contribution < 1.29 is 4.79 Å². The van der Waals surface area contributed by atoms with Crippen LogP contribution in [0, 0.1) is 8.99 Å². The summed E-state index contributed by atoms with van der Waals surface area (Å²) in [7, 11) is 0. The Kier molecular flexibility index (Phi) is 5.92. The van der Waals surface area contributed by atoms with Gasteiger partial charge in [-0.1, -0.05) is 26.8 Å². The first-order valence-electron chi connectivity index (χ1n) is 5.96. The summed E-state index contributed by atoms with van der Waals surface area (Å²) < 4.78 is 1.05. The van der Waals surface area contributed by atoms with Gasteiger partial charge in [-0.15, -0.1) is 11.6 Å². The summed E-state index contributed by atoms with van der Waals surface area (Å²) in [5, 5.41) is 2.84. The van der Waals surface area contributed by atoms with E-state index < -0.39 is 0 Å². The Hall–Kier alpha value is -0.290. The van der Waals surface area contributed by atoms with Gasteiger partial charge in [0.15, 0.2) is 0 Å². The van der Waals surface area contributed by atoms with Crippen molar-refractivity contribution in [1.82, 2.24) is 5.32 Å². The van der Waals surface area contributed by atoms with Gasteiger partial charge >= 0.3 is 0 Å². The number of hydrogen-bond donors (Lipinski definition) is 1. The molecule has 0 aliphatic carbocycles. The minimum atomic E-state index is -0.0620. The molecule has 0 saturated carbocycles. The van der Waals surface area contributed by atoms with Crippen molar-refractivity contribution >= 4 is 40.1 Å². The van der Waals surface area contributed by atoms with Gasteiger partial charge in [-0.3, -0.25) is 4.79 Å². The van der Waals surface area contributed by atoms with Crippen molar-refractivity contribution in [2.75, 3.05) is 6.54 Å². The summed E-state index contributed by atoms with van der Waals surface area (Å²) in [6.45, 7) is 6.93. The van der Waals surface area contributed by atoms with E-state index in [1.807, 2.05) is 24.3 Å². The topological polar surface area (TPSA) is 29.1 Å². The van der Waals surface area contributed by atoms with Gasteiger partial charge in [0, 0.05) is 15.7 Å². The van der Waals surface area contributed by atoms with E-state index in [-0.39, 0.29) is 16.7 Å². The molecule has 1 atom stereocenters. The number of hydrogen-bond acceptors (Lipinski definition) is 1. The minimum Gasteiger partial charge on any atom is -0.351 e. The third-order valence-corrected chi connectivity index (χ3v) is 3.38. The third kappa shape index (κ3) is 6.05. The van der Waals surface area contributed by atoms with Crippen molar-refractivity contribution in [2.24, 2.45) is 5.41 Å². The van der Waals surface area contributed by atoms with Gasteiger partial charge in [0.2, 0.25) is 0 Å². The number of amides is 1. The van der Waals surface area contributed by atoms with Crippen LogP contribution >= 0.6 is 34.2 Å². The van der Waals surface area contributed by atoms with E-state index >= 15 is 0 Å². The maximum Gasteiger partial charge on any atom is 0.251 e. The molecule has 0 spiro atoms. The van der Waals surface area contributed by atoms with Gasteiger partial charge in [0.25, 0.3) is 5.91 Å². The molecule has 0 aliphatic heterocycles. The second-order valence-corrected chi connectivity index (χ2v) is 7.45. The Balaban J connectivity index is 2.47. The first kappa shape index (κ1) is 15.8. The zero-order chi connectivity index (χ0) is 13.8. The smallest absolute Gasteiger partial charge is 0.251 e. The highest BCUT2D eigenvalue weighted by Crippen LogP contribution is 2.23. The molecule has 0 aromatic heterocycles. The Morgan fingerprint density at radius 3 is 2.67 bits per heavy atom. The number of rotatable bonds is 4. The fraction of sp³-hybridized carbons (Fsp3) is 0.500. The average molecular weight is 380 g/mol. The Labute approximate surface area is 128 Å². The summed E-state index contributed by atoms with van der Waals surface area (Å²) in [5.41, 5.74) is 0.862. The van der Waals surface area contributed by atoms with E-state index in [2.05, 4.69) is 48.7 Å². The first-order chi connectivity index (χ1) is 8.28. The van der Waals surface area contributed by atoms with Crippen LogP contribution in [0.25, 0.3) is 0 Å². The fourth-order valence-corrected chi connectivity index (χ4v) is 2.76. The van der Waals surface area contributed by atoms with E-state index in [1.165, 1.54) is 0 Å². The number of benzene rings is 1. The lowest BCUT2D eigenvalue weighted by molar-refractivity contribution is 0.0952. The molecule has 1 unspecified atom stereocenters. The predicted octanol–water partition coefficient (Wildman–Crippen LogP) is 4.06. The Bertz CT molecular complexity index is 415. The van der Waals surface area contributed by atoms with E-state index in [0.29, 0.717) is 12.1 Å². The van der Waals surface area contributed by atoms with E-state index in [9.17, 15) is 4.79 Å². The second kappa shape index (κ2) is 6.75. The standard InChI is InChI=1S/C14H19ClINO/c1-14(2,3)8-11(15)9-17-13(18)10-5-4-6-12(16)7-10/h4-7,11H,8-9H2,1-3H3,(H,17,18). The number of alkyl halides is 1. The summed E-state index contributed by atoms with van der Waals surface area (Å²) in [5.74, 6) is -0.0620. The van der Waals surface area contributed by atoms with Crippen molar-refractivity contribution in [2.45, 2.75) is 32.6 Å². The molecule has 1 aromatic carbocycles. The lowest BCUT2D eigenvalue weighted by atomic mass is 9.90. The molecular formula is C14H19ClINO. The van der Waals surface area contributed by atoms with Gasteiger partial charge in [-0.25, -0.2) is 0 Å². The molecule has 0 heterocycles. The molecule has 18 heavy (non-hydrogen) atoms. The molecule has 0 aliphatic rings. The molecule has 0 fully saturated rings. The second-order valence-electron chi connectivity index (χ2n) is 5.58. The Morgan fingerprint density at radius 1 is 1.44 bits per heavy atom. The van der Waals surface area contributed by atoms with Crippen molar-refractivity contribution in [1.29, 1.82) is 0 Å². The van der Waals surface area contributed by atoms with Crippen LogP contribution in [-0.4, -0.2) is 17.8 Å². The van der Waals surface area contributed by atoms with Crippen LogP contribution in [0.3, 0.4) is 0 Å². The van der Waals surface area contributed by atoms with Gasteiger partial charge in [-0.2, -0.15) is 0 Å². The van der Waals surface area contributed by atoms with Crippen molar-refractivity contribution in [3.05, 3.63) is 33.4 Å². The maximum absolute atomic E-state index is 11.9. The normalized spacial score (nSPS) is 13.2. The van der Waals surface area contributed by atoms with Gasteiger partial charge in [0.05, 0.1) is 5.38 Å². The lowest BCUT2D eigenvalue weighted by Crippen LogP contribution is -2.31. The molecule has 1 N–H and O–H groups in total. The molecule has 1 aromatic rings. The summed E-state index contributed by atoms with van der Waals surface area (Å²) in [6.07, 6.45) is 0.876. The largest absolute Gasteiger partial charge is 0.351 e. The monoisotopic (exact) mass is 379 g/mol. The van der Waals surface area contributed by atoms with Crippen LogP contribution in [0.1, 0.15) is 37.6 Å². The Morgan fingerprint density at radius 2 is 2.11 bits per heavy atom. The highest BCUT2D eigenvalue weighted by Gasteiger charge is 2.17. The quantitative estimate of drug-likeness (QED) is 0.620. The van der Waals surface area contributed by atoms with Crippen LogP contribution in [0.2, 0.25) is 0 Å². The minimum absolute atomic E-state index is 0.0308. The van der Waals surface area contributed by atoms with E-state index in [1.54, 1.807) is 0 Å². The van der Waals surface area contributed by atoms with Gasteiger partial charge in [0.1, 0.15) is 0 Å². The predicted molar refractivity (Wildman–Crippen MR) is 85.2 cm³/mol. The van der Waals surface area contributed by atoms with E-state index in [0.717, 1.165) is 9.99 Å². The molecule has 0 saturated heterocycles. The third-order valence-electron chi connectivity index (χ3n) is 2.40. The van der Waals surface area contributed by atoms with Crippen LogP contribution in [0.5, 0.6) is 0 Å². The van der Waals surface area contributed by atoms with Crippen molar-refractivity contribution in [3.8, 4) is 0 Å². The van der Waals surface area contributed by atoms with Crippen molar-refractivity contribution in [3.63, 3.8) is 0 Å². The molecule has 4 heteroatoms.